The Morgan fingerprint density at radius 2 is 1.83 bits per heavy atom. The first-order valence-electron chi connectivity index (χ1n) is 9.14. The summed E-state index contributed by atoms with van der Waals surface area (Å²) in [5.74, 6) is 1.77. The molecule has 0 unspecified atom stereocenters. The summed E-state index contributed by atoms with van der Waals surface area (Å²) in [6, 6.07) is 9.82. The number of hydrogen-bond donors (Lipinski definition) is 0. The van der Waals surface area contributed by atoms with Gasteiger partial charge in [-0.1, -0.05) is 17.7 Å². The molecule has 1 aromatic heterocycles. The van der Waals surface area contributed by atoms with Crippen LogP contribution in [0, 0.1) is 5.92 Å². The molecule has 150 valence electrons. The molecular weight excluding hydrogens is 396 g/mol. The lowest BCUT2D eigenvalue weighted by Crippen LogP contribution is -2.34. The average Bonchev–Trinajstić information content (AvgIpc) is 2.70. The highest BCUT2D eigenvalue weighted by Crippen LogP contribution is 2.42. The van der Waals surface area contributed by atoms with Crippen LogP contribution in [0.4, 0.5) is 0 Å². The second-order valence-corrected chi connectivity index (χ2v) is 7.31. The van der Waals surface area contributed by atoms with Crippen LogP contribution in [0.15, 0.2) is 45.6 Å². The van der Waals surface area contributed by atoms with E-state index in [2.05, 4.69) is 0 Å². The second-order valence-electron chi connectivity index (χ2n) is 6.90. The van der Waals surface area contributed by atoms with Gasteiger partial charge < -0.3 is 23.4 Å². The Balaban J connectivity index is 1.81. The number of aldehydes is 1. The van der Waals surface area contributed by atoms with Crippen LogP contribution in [-0.2, 0) is 4.79 Å². The molecule has 0 aliphatic heterocycles. The van der Waals surface area contributed by atoms with Crippen molar-refractivity contribution in [1.29, 1.82) is 0 Å². The molecule has 0 atom stereocenters. The lowest BCUT2D eigenvalue weighted by molar-refractivity contribution is -0.116. The number of ether oxygens (including phenoxy) is 3. The van der Waals surface area contributed by atoms with Crippen LogP contribution in [0.1, 0.15) is 12.8 Å². The van der Waals surface area contributed by atoms with Gasteiger partial charge >= 0.3 is 0 Å². The summed E-state index contributed by atoms with van der Waals surface area (Å²) < 4.78 is 22.9. The molecule has 6 nitrogen and oxygen atoms in total. The molecule has 1 aliphatic carbocycles. The number of methoxy groups -OCH3 is 2. The summed E-state index contributed by atoms with van der Waals surface area (Å²) in [5, 5.41) is 0.749. The van der Waals surface area contributed by atoms with E-state index in [1.54, 1.807) is 30.3 Å². The minimum absolute atomic E-state index is 0.0318. The molecule has 0 saturated heterocycles. The molecule has 1 fully saturated rings. The van der Waals surface area contributed by atoms with Crippen molar-refractivity contribution in [1.82, 2.24) is 0 Å². The molecule has 2 aromatic carbocycles. The Bertz CT molecular complexity index is 1130. The van der Waals surface area contributed by atoms with Gasteiger partial charge in [0.25, 0.3) is 0 Å². The maximum absolute atomic E-state index is 12.6. The number of carbonyl (C=O) groups is 1. The third-order valence-electron chi connectivity index (χ3n) is 5.08. The van der Waals surface area contributed by atoms with Crippen molar-refractivity contribution in [2.75, 3.05) is 14.2 Å². The van der Waals surface area contributed by atoms with Crippen LogP contribution < -0.4 is 19.6 Å². The fraction of sp³-hybridized carbons (Fsp3) is 0.273. The largest absolute Gasteiger partial charge is 0.496 e. The van der Waals surface area contributed by atoms with Gasteiger partial charge in [-0.3, -0.25) is 4.79 Å². The van der Waals surface area contributed by atoms with Gasteiger partial charge in [0.05, 0.1) is 30.2 Å². The molecule has 0 spiro atoms. The first-order valence-corrected chi connectivity index (χ1v) is 9.52. The molecule has 3 aromatic rings. The fourth-order valence-corrected chi connectivity index (χ4v) is 3.64. The zero-order valence-corrected chi connectivity index (χ0v) is 16.7. The Morgan fingerprint density at radius 1 is 1.07 bits per heavy atom. The summed E-state index contributed by atoms with van der Waals surface area (Å²) in [7, 11) is 3.05. The number of para-hydroxylation sites is 1. The SMILES string of the molecule is COc1cc(OC)c(-c2cc(=O)c3cccc(Cl)c3o2)cc1OC1CC(C=O)C1. The predicted octanol–water partition coefficient (Wildman–Crippen LogP) is 4.49. The second kappa shape index (κ2) is 7.79. The Hall–Kier alpha value is -2.99. The molecule has 0 N–H and O–H groups in total. The van der Waals surface area contributed by atoms with Crippen molar-refractivity contribution in [2.24, 2.45) is 5.92 Å². The molecule has 0 bridgehead atoms. The number of hydrogen-bond acceptors (Lipinski definition) is 6. The van der Waals surface area contributed by atoms with Crippen LogP contribution in [0.3, 0.4) is 0 Å². The third kappa shape index (κ3) is 3.56. The number of rotatable bonds is 6. The topological polar surface area (TPSA) is 75.0 Å². The molecule has 4 rings (SSSR count). The van der Waals surface area contributed by atoms with E-state index in [-0.39, 0.29) is 17.5 Å². The van der Waals surface area contributed by atoms with Crippen molar-refractivity contribution in [3.8, 4) is 28.6 Å². The van der Waals surface area contributed by atoms with E-state index in [0.29, 0.717) is 57.4 Å². The van der Waals surface area contributed by atoms with Gasteiger partial charge in [-0.15, -0.1) is 0 Å². The van der Waals surface area contributed by atoms with E-state index in [1.807, 2.05) is 0 Å². The van der Waals surface area contributed by atoms with Crippen molar-refractivity contribution < 1.29 is 23.4 Å². The highest BCUT2D eigenvalue weighted by Gasteiger charge is 2.31. The highest BCUT2D eigenvalue weighted by molar-refractivity contribution is 6.34. The molecule has 1 aliphatic rings. The van der Waals surface area contributed by atoms with Crippen molar-refractivity contribution in [2.45, 2.75) is 18.9 Å². The zero-order valence-electron chi connectivity index (χ0n) is 15.9. The van der Waals surface area contributed by atoms with Gasteiger partial charge in [0.2, 0.25) is 0 Å². The summed E-state index contributed by atoms with van der Waals surface area (Å²) in [6.07, 6.45) is 2.20. The Kier molecular flexibility index (Phi) is 5.20. The van der Waals surface area contributed by atoms with E-state index < -0.39 is 0 Å². The highest BCUT2D eigenvalue weighted by atomic mass is 35.5. The van der Waals surface area contributed by atoms with Crippen molar-refractivity contribution in [3.63, 3.8) is 0 Å². The van der Waals surface area contributed by atoms with Gasteiger partial charge in [-0.05, 0) is 31.0 Å². The van der Waals surface area contributed by atoms with E-state index in [4.69, 9.17) is 30.2 Å². The molecule has 1 saturated carbocycles. The molecule has 29 heavy (non-hydrogen) atoms. The predicted molar refractivity (Wildman–Crippen MR) is 109 cm³/mol. The summed E-state index contributed by atoms with van der Waals surface area (Å²) >= 11 is 6.23. The molecule has 0 radical (unpaired) electrons. The van der Waals surface area contributed by atoms with Crippen LogP contribution in [0.25, 0.3) is 22.3 Å². The standard InChI is InChI=1S/C22H19ClO6/c1-26-18-10-20(27-2)21(28-13-6-12(7-13)11-24)8-15(18)19-9-17(25)14-4-3-5-16(23)22(14)29-19/h3-5,8-13H,6-7H2,1-2H3. The van der Waals surface area contributed by atoms with E-state index in [0.717, 1.165) is 6.29 Å². The smallest absolute Gasteiger partial charge is 0.193 e. The van der Waals surface area contributed by atoms with E-state index >= 15 is 0 Å². The number of fused-ring (bicyclic) bond motifs is 1. The van der Waals surface area contributed by atoms with Crippen LogP contribution in [-0.4, -0.2) is 26.6 Å². The van der Waals surface area contributed by atoms with E-state index in [9.17, 15) is 9.59 Å². The maximum atomic E-state index is 12.6. The zero-order chi connectivity index (χ0) is 20.5. The lowest BCUT2D eigenvalue weighted by atomic mass is 9.83. The van der Waals surface area contributed by atoms with Crippen LogP contribution in [0.5, 0.6) is 17.2 Å². The summed E-state index contributed by atoms with van der Waals surface area (Å²) in [5.41, 5.74) is 0.634. The molecule has 0 amide bonds. The Morgan fingerprint density at radius 3 is 2.52 bits per heavy atom. The van der Waals surface area contributed by atoms with Crippen molar-refractivity contribution >= 4 is 28.9 Å². The third-order valence-corrected chi connectivity index (χ3v) is 5.37. The number of halogens is 1. The average molecular weight is 415 g/mol. The molecule has 1 heterocycles. The quantitative estimate of drug-likeness (QED) is 0.553. The van der Waals surface area contributed by atoms with Crippen LogP contribution >= 0.6 is 11.6 Å². The normalized spacial score (nSPS) is 18.2. The van der Waals surface area contributed by atoms with E-state index in [1.165, 1.54) is 20.3 Å². The summed E-state index contributed by atoms with van der Waals surface area (Å²) in [4.78, 5) is 23.4. The van der Waals surface area contributed by atoms with Gasteiger partial charge in [-0.2, -0.15) is 0 Å². The minimum atomic E-state index is -0.211. The monoisotopic (exact) mass is 414 g/mol. The first kappa shape index (κ1) is 19.3. The molecular formula is C22H19ClO6. The van der Waals surface area contributed by atoms with Gasteiger partial charge in [0, 0.05) is 18.1 Å². The number of benzene rings is 2. The Labute approximate surface area is 171 Å². The van der Waals surface area contributed by atoms with Crippen molar-refractivity contribution in [3.05, 3.63) is 51.6 Å². The van der Waals surface area contributed by atoms with Gasteiger partial charge in [-0.25, -0.2) is 0 Å². The van der Waals surface area contributed by atoms with Gasteiger partial charge in [0.15, 0.2) is 22.5 Å². The number of carbonyl (C=O) groups excluding carboxylic acids is 1. The summed E-state index contributed by atoms with van der Waals surface area (Å²) in [6.45, 7) is 0. The molecule has 7 heteroatoms. The fourth-order valence-electron chi connectivity index (χ4n) is 3.42. The lowest BCUT2D eigenvalue weighted by Gasteiger charge is -2.32. The van der Waals surface area contributed by atoms with Gasteiger partial charge in [0.1, 0.15) is 23.9 Å². The maximum Gasteiger partial charge on any atom is 0.193 e. The first-order chi connectivity index (χ1) is 14.0. The van der Waals surface area contributed by atoms with Crippen LogP contribution in [0.2, 0.25) is 5.02 Å². The minimum Gasteiger partial charge on any atom is -0.496 e.